The maximum atomic E-state index is 5.88. The van der Waals surface area contributed by atoms with Gasteiger partial charge < -0.3 is 5.73 Å². The summed E-state index contributed by atoms with van der Waals surface area (Å²) in [5, 5.41) is 0. The smallest absolute Gasteiger partial charge is 0.0564 e. The van der Waals surface area contributed by atoms with Crippen LogP contribution in [0.5, 0.6) is 0 Å². The van der Waals surface area contributed by atoms with Crippen LogP contribution in [0.4, 0.5) is 0 Å². The number of rotatable bonds is 4. The molecule has 0 saturated heterocycles. The minimum atomic E-state index is 0.396. The lowest BCUT2D eigenvalue weighted by Crippen LogP contribution is -2.31. The summed E-state index contributed by atoms with van der Waals surface area (Å²) in [6.45, 7) is 2.85. The number of nitrogens with two attached hydrogens (primary N) is 1. The highest BCUT2D eigenvalue weighted by Crippen LogP contribution is 2.37. The molecule has 4 heteroatoms. The molecule has 84 valence electrons. The lowest BCUT2D eigenvalue weighted by atomic mass is 10.2. The molecule has 0 amide bonds. The van der Waals surface area contributed by atoms with Crippen molar-refractivity contribution in [2.24, 2.45) is 5.73 Å². The molecular formula is C11H17BrN2S. The molecule has 1 fully saturated rings. The van der Waals surface area contributed by atoms with E-state index in [1.807, 2.05) is 11.3 Å². The van der Waals surface area contributed by atoms with Gasteiger partial charge in [0.15, 0.2) is 0 Å². The quantitative estimate of drug-likeness (QED) is 0.923. The van der Waals surface area contributed by atoms with Crippen molar-refractivity contribution in [2.45, 2.75) is 31.8 Å². The van der Waals surface area contributed by atoms with Gasteiger partial charge in [-0.15, -0.1) is 11.3 Å². The van der Waals surface area contributed by atoms with Gasteiger partial charge in [-0.2, -0.15) is 0 Å². The number of hydrogen-bond acceptors (Lipinski definition) is 3. The van der Waals surface area contributed by atoms with Crippen molar-refractivity contribution in [3.8, 4) is 0 Å². The summed E-state index contributed by atoms with van der Waals surface area (Å²) in [4.78, 5) is 5.15. The van der Waals surface area contributed by atoms with Crippen molar-refractivity contribution in [2.75, 3.05) is 13.6 Å². The molecular weight excluding hydrogens is 272 g/mol. The molecule has 1 aliphatic carbocycles. The maximum Gasteiger partial charge on any atom is 0.0564 e. The summed E-state index contributed by atoms with van der Waals surface area (Å²) < 4.78 is 1.21. The number of hydrogen-bond donors (Lipinski definition) is 1. The molecule has 1 aromatic heterocycles. The molecule has 0 bridgehead atoms. The number of aryl methyl sites for hydroxylation is 1. The van der Waals surface area contributed by atoms with Gasteiger partial charge in [0.05, 0.1) is 6.04 Å². The van der Waals surface area contributed by atoms with Gasteiger partial charge in [0.1, 0.15) is 0 Å². The van der Waals surface area contributed by atoms with Crippen molar-refractivity contribution in [3.63, 3.8) is 0 Å². The normalized spacial score (nSPS) is 18.5. The Morgan fingerprint density at radius 3 is 2.73 bits per heavy atom. The fraction of sp³-hybridized carbons (Fsp3) is 0.636. The fourth-order valence-corrected chi connectivity index (χ4v) is 3.59. The minimum Gasteiger partial charge on any atom is -0.329 e. The van der Waals surface area contributed by atoms with E-state index in [1.54, 1.807) is 0 Å². The molecule has 1 saturated carbocycles. The third kappa shape index (κ3) is 2.44. The Bertz CT molecular complexity index is 327. The van der Waals surface area contributed by atoms with Crippen LogP contribution in [-0.2, 0) is 0 Å². The Labute approximate surface area is 104 Å². The summed E-state index contributed by atoms with van der Waals surface area (Å²) in [6, 6.07) is 3.38. The van der Waals surface area contributed by atoms with E-state index in [9.17, 15) is 0 Å². The van der Waals surface area contributed by atoms with Crippen LogP contribution < -0.4 is 5.73 Å². The first-order valence-electron chi connectivity index (χ1n) is 5.31. The monoisotopic (exact) mass is 288 g/mol. The molecule has 1 aliphatic rings. The fourth-order valence-electron chi connectivity index (χ4n) is 1.87. The van der Waals surface area contributed by atoms with Gasteiger partial charge in [-0.25, -0.2) is 0 Å². The SMILES string of the molecule is Cc1sc(C(CN)N(C)C2CC2)cc1Br. The lowest BCUT2D eigenvalue weighted by molar-refractivity contribution is 0.243. The molecule has 0 aromatic carbocycles. The Kier molecular flexibility index (Phi) is 3.50. The van der Waals surface area contributed by atoms with Gasteiger partial charge in [0.2, 0.25) is 0 Å². The van der Waals surface area contributed by atoms with Crippen LogP contribution in [0.3, 0.4) is 0 Å². The summed E-state index contributed by atoms with van der Waals surface area (Å²) in [7, 11) is 2.19. The topological polar surface area (TPSA) is 29.3 Å². The third-order valence-corrected chi connectivity index (χ3v) is 5.28. The van der Waals surface area contributed by atoms with Crippen molar-refractivity contribution in [1.29, 1.82) is 0 Å². The van der Waals surface area contributed by atoms with Gasteiger partial charge in [-0.05, 0) is 48.8 Å². The Balaban J connectivity index is 2.17. The zero-order chi connectivity index (χ0) is 11.0. The zero-order valence-corrected chi connectivity index (χ0v) is 11.6. The lowest BCUT2D eigenvalue weighted by Gasteiger charge is -2.25. The number of likely N-dealkylation sites (N-methyl/N-ethyl adjacent to an activating group) is 1. The molecule has 1 unspecified atom stereocenters. The predicted octanol–water partition coefficient (Wildman–Crippen LogP) is 2.91. The number of halogens is 1. The average Bonchev–Trinajstić information content (AvgIpc) is 2.97. The molecule has 1 atom stereocenters. The van der Waals surface area contributed by atoms with E-state index in [2.05, 4.69) is 40.9 Å². The molecule has 2 nitrogen and oxygen atoms in total. The Morgan fingerprint density at radius 1 is 1.67 bits per heavy atom. The van der Waals surface area contributed by atoms with Crippen LogP contribution in [0.1, 0.15) is 28.6 Å². The van der Waals surface area contributed by atoms with Crippen LogP contribution in [0.15, 0.2) is 10.5 Å². The van der Waals surface area contributed by atoms with E-state index < -0.39 is 0 Å². The molecule has 2 N–H and O–H groups in total. The highest BCUT2D eigenvalue weighted by Gasteiger charge is 2.31. The zero-order valence-electron chi connectivity index (χ0n) is 9.16. The van der Waals surface area contributed by atoms with Gasteiger partial charge in [0, 0.05) is 26.8 Å². The first-order valence-corrected chi connectivity index (χ1v) is 6.92. The second-order valence-electron chi connectivity index (χ2n) is 4.20. The van der Waals surface area contributed by atoms with E-state index >= 15 is 0 Å². The van der Waals surface area contributed by atoms with Crippen molar-refractivity contribution in [1.82, 2.24) is 4.90 Å². The summed E-state index contributed by atoms with van der Waals surface area (Å²) in [6.07, 6.45) is 2.66. The standard InChI is InChI=1S/C11H17BrN2S/c1-7-9(12)5-11(15-7)10(6-13)14(2)8-3-4-8/h5,8,10H,3-4,6,13H2,1-2H3. The first kappa shape index (κ1) is 11.6. The molecule has 2 rings (SSSR count). The van der Waals surface area contributed by atoms with Gasteiger partial charge >= 0.3 is 0 Å². The molecule has 0 spiro atoms. The highest BCUT2D eigenvalue weighted by atomic mass is 79.9. The second-order valence-corrected chi connectivity index (χ2v) is 6.34. The third-order valence-electron chi connectivity index (χ3n) is 3.04. The van der Waals surface area contributed by atoms with Crippen LogP contribution >= 0.6 is 27.3 Å². The molecule has 15 heavy (non-hydrogen) atoms. The summed E-state index contributed by atoms with van der Waals surface area (Å²) >= 11 is 5.42. The summed E-state index contributed by atoms with van der Waals surface area (Å²) in [5.74, 6) is 0. The van der Waals surface area contributed by atoms with Crippen LogP contribution in [0, 0.1) is 6.92 Å². The summed E-state index contributed by atoms with van der Waals surface area (Å²) in [5.41, 5.74) is 5.88. The van der Waals surface area contributed by atoms with Crippen LogP contribution in [0.2, 0.25) is 0 Å². The van der Waals surface area contributed by atoms with E-state index in [-0.39, 0.29) is 0 Å². The highest BCUT2D eigenvalue weighted by molar-refractivity contribution is 9.10. The van der Waals surface area contributed by atoms with Crippen molar-refractivity contribution in [3.05, 3.63) is 20.3 Å². The Hall–Kier alpha value is 0.100. The van der Waals surface area contributed by atoms with Crippen molar-refractivity contribution < 1.29 is 0 Å². The second kappa shape index (κ2) is 4.53. The molecule has 0 aliphatic heterocycles. The van der Waals surface area contributed by atoms with E-state index in [4.69, 9.17) is 5.73 Å². The van der Waals surface area contributed by atoms with Gasteiger partial charge in [-0.3, -0.25) is 4.90 Å². The molecule has 1 aromatic rings. The van der Waals surface area contributed by atoms with E-state index in [0.29, 0.717) is 12.6 Å². The Morgan fingerprint density at radius 2 is 2.33 bits per heavy atom. The predicted molar refractivity (Wildman–Crippen MR) is 69.3 cm³/mol. The van der Waals surface area contributed by atoms with E-state index in [0.717, 1.165) is 6.04 Å². The number of thiophene rings is 1. The largest absolute Gasteiger partial charge is 0.329 e. The van der Waals surface area contributed by atoms with Gasteiger partial charge in [-0.1, -0.05) is 0 Å². The minimum absolute atomic E-state index is 0.396. The van der Waals surface area contributed by atoms with Crippen LogP contribution in [-0.4, -0.2) is 24.5 Å². The maximum absolute atomic E-state index is 5.88. The average molecular weight is 289 g/mol. The van der Waals surface area contributed by atoms with E-state index in [1.165, 1.54) is 27.1 Å². The van der Waals surface area contributed by atoms with Crippen molar-refractivity contribution >= 4 is 27.3 Å². The van der Waals surface area contributed by atoms with Gasteiger partial charge in [0.25, 0.3) is 0 Å². The van der Waals surface area contributed by atoms with Crippen LogP contribution in [0.25, 0.3) is 0 Å². The first-order chi connectivity index (χ1) is 7.13. The molecule has 1 heterocycles. The molecule has 0 radical (unpaired) electrons. The number of nitrogens with zero attached hydrogens (tertiary/aromatic N) is 1.